The molecule has 0 aliphatic carbocycles. The molecular formula is C23H26N4O2. The predicted molar refractivity (Wildman–Crippen MR) is 115 cm³/mol. The number of ether oxygens (including phenoxy) is 1. The Labute approximate surface area is 171 Å². The first-order valence-electron chi connectivity index (χ1n) is 9.86. The number of aryl methyl sites for hydroxylation is 2. The summed E-state index contributed by atoms with van der Waals surface area (Å²) in [6.07, 6.45) is 0. The van der Waals surface area contributed by atoms with E-state index in [1.165, 1.54) is 16.8 Å². The van der Waals surface area contributed by atoms with E-state index in [0.29, 0.717) is 18.8 Å². The zero-order chi connectivity index (χ0) is 20.4. The molecule has 4 rings (SSSR count). The Kier molecular flexibility index (Phi) is 5.25. The predicted octanol–water partition coefficient (Wildman–Crippen LogP) is 3.66. The van der Waals surface area contributed by atoms with Crippen molar-refractivity contribution in [3.05, 3.63) is 65.4 Å². The molecule has 1 fully saturated rings. The Bertz CT molecular complexity index is 1020. The third-order valence-electron chi connectivity index (χ3n) is 5.45. The lowest BCUT2D eigenvalue weighted by Gasteiger charge is -2.36. The van der Waals surface area contributed by atoms with Gasteiger partial charge < -0.3 is 14.5 Å². The second-order valence-corrected chi connectivity index (χ2v) is 7.47. The summed E-state index contributed by atoms with van der Waals surface area (Å²) in [6.45, 7) is 7.29. The molecule has 1 aliphatic heterocycles. The molecule has 2 aromatic carbocycles. The van der Waals surface area contributed by atoms with Crippen LogP contribution in [0.1, 0.15) is 21.6 Å². The number of carbonyl (C=O) groups excluding carboxylic acids is 1. The molecule has 0 unspecified atom stereocenters. The van der Waals surface area contributed by atoms with Crippen LogP contribution in [0.5, 0.6) is 5.75 Å². The highest BCUT2D eigenvalue weighted by Crippen LogP contribution is 2.25. The van der Waals surface area contributed by atoms with E-state index in [4.69, 9.17) is 4.74 Å². The summed E-state index contributed by atoms with van der Waals surface area (Å²) < 4.78 is 5.27. The van der Waals surface area contributed by atoms with E-state index in [0.717, 1.165) is 30.1 Å². The van der Waals surface area contributed by atoms with Gasteiger partial charge in [-0.05, 0) is 49.2 Å². The molecule has 1 aromatic heterocycles. The number of piperazine rings is 1. The number of hydrogen-bond donors (Lipinski definition) is 1. The lowest BCUT2D eigenvalue weighted by Crippen LogP contribution is -2.49. The van der Waals surface area contributed by atoms with Crippen molar-refractivity contribution in [2.24, 2.45) is 0 Å². The van der Waals surface area contributed by atoms with Crippen molar-refractivity contribution in [2.75, 3.05) is 38.2 Å². The van der Waals surface area contributed by atoms with Crippen LogP contribution in [0.3, 0.4) is 0 Å². The summed E-state index contributed by atoms with van der Waals surface area (Å²) in [5.74, 6) is 0.758. The van der Waals surface area contributed by atoms with Crippen molar-refractivity contribution in [1.29, 1.82) is 0 Å². The number of H-pyrrole nitrogens is 1. The quantitative estimate of drug-likeness (QED) is 0.738. The van der Waals surface area contributed by atoms with Gasteiger partial charge in [-0.15, -0.1) is 0 Å². The molecule has 0 saturated carbocycles. The largest absolute Gasteiger partial charge is 0.497 e. The number of hydrogen-bond acceptors (Lipinski definition) is 4. The standard InChI is InChI=1S/C23H26N4O2/c1-16-7-8-17(2)22(13-16)26-9-11-27(12-10-26)23(28)21-15-20(24-25-21)18-5-4-6-19(14-18)29-3/h4-8,13-15H,9-12H2,1-3H3,(H,24,25). The highest BCUT2D eigenvalue weighted by atomic mass is 16.5. The number of methoxy groups -OCH3 is 1. The van der Waals surface area contributed by atoms with Gasteiger partial charge in [-0.2, -0.15) is 5.10 Å². The van der Waals surface area contributed by atoms with Crippen molar-refractivity contribution in [3.63, 3.8) is 0 Å². The van der Waals surface area contributed by atoms with Gasteiger partial charge in [0.15, 0.2) is 0 Å². The molecule has 6 heteroatoms. The number of carbonyl (C=O) groups is 1. The Morgan fingerprint density at radius 3 is 2.59 bits per heavy atom. The Morgan fingerprint density at radius 1 is 1.03 bits per heavy atom. The average Bonchev–Trinajstić information content (AvgIpc) is 3.25. The number of nitrogens with one attached hydrogen (secondary N) is 1. The smallest absolute Gasteiger partial charge is 0.272 e. The maximum Gasteiger partial charge on any atom is 0.272 e. The SMILES string of the molecule is COc1cccc(-c2cc(C(=O)N3CCN(c4cc(C)ccc4C)CC3)[nH]n2)c1. The number of benzene rings is 2. The van der Waals surface area contributed by atoms with Crippen LogP contribution in [0.4, 0.5) is 5.69 Å². The molecule has 1 aliphatic rings. The number of nitrogens with zero attached hydrogens (tertiary/aromatic N) is 3. The van der Waals surface area contributed by atoms with Crippen molar-refractivity contribution in [2.45, 2.75) is 13.8 Å². The van der Waals surface area contributed by atoms with Crippen LogP contribution in [0.2, 0.25) is 0 Å². The molecule has 29 heavy (non-hydrogen) atoms. The van der Waals surface area contributed by atoms with Crippen molar-refractivity contribution < 1.29 is 9.53 Å². The second kappa shape index (κ2) is 7.99. The van der Waals surface area contributed by atoms with Crippen LogP contribution in [-0.4, -0.2) is 54.3 Å². The molecule has 1 amide bonds. The van der Waals surface area contributed by atoms with E-state index in [-0.39, 0.29) is 5.91 Å². The maximum atomic E-state index is 12.9. The van der Waals surface area contributed by atoms with Crippen LogP contribution < -0.4 is 9.64 Å². The number of anilines is 1. The lowest BCUT2D eigenvalue weighted by molar-refractivity contribution is 0.0741. The molecule has 0 spiro atoms. The van der Waals surface area contributed by atoms with Crippen LogP contribution in [0.25, 0.3) is 11.3 Å². The van der Waals surface area contributed by atoms with Gasteiger partial charge >= 0.3 is 0 Å². The number of rotatable bonds is 4. The van der Waals surface area contributed by atoms with E-state index in [9.17, 15) is 4.79 Å². The van der Waals surface area contributed by atoms with Gasteiger partial charge in [-0.3, -0.25) is 9.89 Å². The molecule has 1 N–H and O–H groups in total. The molecule has 2 heterocycles. The number of aromatic amines is 1. The summed E-state index contributed by atoms with van der Waals surface area (Å²) in [6, 6.07) is 16.0. The Balaban J connectivity index is 1.44. The van der Waals surface area contributed by atoms with Crippen LogP contribution in [0.15, 0.2) is 48.5 Å². The van der Waals surface area contributed by atoms with Crippen LogP contribution in [0, 0.1) is 13.8 Å². The van der Waals surface area contributed by atoms with E-state index >= 15 is 0 Å². The lowest BCUT2D eigenvalue weighted by atomic mass is 10.1. The Hall–Kier alpha value is -3.28. The summed E-state index contributed by atoms with van der Waals surface area (Å²) in [5, 5.41) is 7.23. The molecular weight excluding hydrogens is 364 g/mol. The minimum atomic E-state index is -0.00717. The monoisotopic (exact) mass is 390 g/mol. The Morgan fingerprint density at radius 2 is 1.83 bits per heavy atom. The third-order valence-corrected chi connectivity index (χ3v) is 5.45. The summed E-state index contributed by atoms with van der Waals surface area (Å²) in [4.78, 5) is 17.2. The van der Waals surface area contributed by atoms with Crippen LogP contribution in [-0.2, 0) is 0 Å². The molecule has 6 nitrogen and oxygen atoms in total. The molecule has 3 aromatic rings. The zero-order valence-corrected chi connectivity index (χ0v) is 17.1. The fraction of sp³-hybridized carbons (Fsp3) is 0.304. The van der Waals surface area contributed by atoms with E-state index in [2.05, 4.69) is 47.1 Å². The van der Waals surface area contributed by atoms with Gasteiger partial charge in [-0.25, -0.2) is 0 Å². The zero-order valence-electron chi connectivity index (χ0n) is 17.1. The fourth-order valence-electron chi connectivity index (χ4n) is 3.74. The van der Waals surface area contributed by atoms with Crippen LogP contribution >= 0.6 is 0 Å². The summed E-state index contributed by atoms with van der Waals surface area (Å²) >= 11 is 0. The number of amides is 1. The van der Waals surface area contributed by atoms with Gasteiger partial charge in [-0.1, -0.05) is 24.3 Å². The van der Waals surface area contributed by atoms with E-state index in [1.54, 1.807) is 7.11 Å². The molecule has 150 valence electrons. The highest BCUT2D eigenvalue weighted by molar-refractivity contribution is 5.93. The van der Waals surface area contributed by atoms with Gasteiger partial charge in [0, 0.05) is 37.4 Å². The van der Waals surface area contributed by atoms with Crippen molar-refractivity contribution in [1.82, 2.24) is 15.1 Å². The minimum absolute atomic E-state index is 0.00717. The molecule has 1 saturated heterocycles. The van der Waals surface area contributed by atoms with Gasteiger partial charge in [0.1, 0.15) is 11.4 Å². The van der Waals surface area contributed by atoms with Gasteiger partial charge in [0.25, 0.3) is 5.91 Å². The first kappa shape index (κ1) is 19.1. The maximum absolute atomic E-state index is 12.9. The van der Waals surface area contributed by atoms with E-state index < -0.39 is 0 Å². The fourth-order valence-corrected chi connectivity index (χ4v) is 3.74. The first-order chi connectivity index (χ1) is 14.0. The summed E-state index contributed by atoms with van der Waals surface area (Å²) in [5.41, 5.74) is 5.96. The molecule has 0 atom stereocenters. The van der Waals surface area contributed by atoms with Crippen molar-refractivity contribution >= 4 is 11.6 Å². The highest BCUT2D eigenvalue weighted by Gasteiger charge is 2.24. The summed E-state index contributed by atoms with van der Waals surface area (Å²) in [7, 11) is 1.64. The first-order valence-corrected chi connectivity index (χ1v) is 9.86. The van der Waals surface area contributed by atoms with Gasteiger partial charge in [0.2, 0.25) is 0 Å². The van der Waals surface area contributed by atoms with Crippen molar-refractivity contribution in [3.8, 4) is 17.0 Å². The third kappa shape index (κ3) is 3.97. The topological polar surface area (TPSA) is 61.5 Å². The number of aromatic nitrogens is 2. The normalized spacial score (nSPS) is 14.2. The average molecular weight is 390 g/mol. The minimum Gasteiger partial charge on any atom is -0.497 e. The second-order valence-electron chi connectivity index (χ2n) is 7.47. The molecule has 0 bridgehead atoms. The van der Waals surface area contributed by atoms with Gasteiger partial charge in [0.05, 0.1) is 12.8 Å². The van der Waals surface area contributed by atoms with E-state index in [1.807, 2.05) is 35.2 Å². The molecule has 0 radical (unpaired) electrons.